The van der Waals surface area contributed by atoms with E-state index in [1.807, 2.05) is 29.6 Å². The molecule has 2 heterocycles. The Morgan fingerprint density at radius 1 is 1.19 bits per heavy atom. The van der Waals surface area contributed by atoms with Gasteiger partial charge in [0.25, 0.3) is 0 Å². The molecule has 1 aliphatic heterocycles. The third kappa shape index (κ3) is 6.52. The Kier molecular flexibility index (Phi) is 7.47. The molecule has 1 N–H and O–H groups in total. The van der Waals surface area contributed by atoms with E-state index in [0.717, 1.165) is 36.8 Å². The lowest BCUT2D eigenvalue weighted by Gasteiger charge is -2.25. The number of piperidine rings is 1. The maximum atomic E-state index is 12.1. The predicted molar refractivity (Wildman–Crippen MR) is 108 cm³/mol. The van der Waals surface area contributed by atoms with Gasteiger partial charge in [-0.25, -0.2) is 4.98 Å². The molecule has 146 valence electrons. The molecule has 1 aromatic heterocycles. The standard InChI is InChI=1S/C20H27N3O3S/c1-25-17-7-9-18(10-8-17)26-13-5-6-19(24)22-20-21-16(15-27-20)14-23-11-3-2-4-12-23/h7-10,15H,2-6,11-14H2,1H3,(H,21,22,24). The second-order valence-electron chi connectivity index (χ2n) is 6.66. The Bertz CT molecular complexity index is 712. The number of hydrogen-bond donors (Lipinski definition) is 1. The van der Waals surface area contributed by atoms with E-state index in [1.165, 1.54) is 30.6 Å². The van der Waals surface area contributed by atoms with Crippen LogP contribution in [-0.4, -0.2) is 42.6 Å². The Balaban J connectivity index is 1.34. The Hall–Kier alpha value is -2.12. The molecule has 2 aromatic rings. The highest BCUT2D eigenvalue weighted by Crippen LogP contribution is 2.20. The van der Waals surface area contributed by atoms with Crippen LogP contribution < -0.4 is 14.8 Å². The lowest BCUT2D eigenvalue weighted by molar-refractivity contribution is -0.116. The highest BCUT2D eigenvalue weighted by Gasteiger charge is 2.13. The number of amides is 1. The number of ether oxygens (including phenoxy) is 2. The largest absolute Gasteiger partial charge is 0.497 e. The second-order valence-corrected chi connectivity index (χ2v) is 7.51. The molecule has 0 spiro atoms. The molecule has 27 heavy (non-hydrogen) atoms. The third-order valence-corrected chi connectivity index (χ3v) is 5.32. The van der Waals surface area contributed by atoms with Gasteiger partial charge in [0.2, 0.25) is 5.91 Å². The minimum atomic E-state index is -0.0211. The summed E-state index contributed by atoms with van der Waals surface area (Å²) in [6.07, 6.45) is 4.94. The van der Waals surface area contributed by atoms with Crippen molar-refractivity contribution in [3.8, 4) is 11.5 Å². The molecular formula is C20H27N3O3S. The van der Waals surface area contributed by atoms with Crippen LogP contribution in [0.15, 0.2) is 29.6 Å². The van der Waals surface area contributed by atoms with E-state index in [1.54, 1.807) is 7.11 Å². The Morgan fingerprint density at radius 3 is 2.67 bits per heavy atom. The normalized spacial score (nSPS) is 14.7. The van der Waals surface area contributed by atoms with Crippen molar-refractivity contribution in [3.05, 3.63) is 35.3 Å². The van der Waals surface area contributed by atoms with Gasteiger partial charge >= 0.3 is 0 Å². The van der Waals surface area contributed by atoms with Gasteiger partial charge in [-0.15, -0.1) is 11.3 Å². The topological polar surface area (TPSA) is 63.7 Å². The maximum absolute atomic E-state index is 12.1. The van der Waals surface area contributed by atoms with Crippen LogP contribution >= 0.6 is 11.3 Å². The van der Waals surface area contributed by atoms with Crippen LogP contribution in [0.4, 0.5) is 5.13 Å². The summed E-state index contributed by atoms with van der Waals surface area (Å²) >= 11 is 1.49. The average Bonchev–Trinajstić information content (AvgIpc) is 3.13. The number of nitrogens with zero attached hydrogens (tertiary/aromatic N) is 2. The quantitative estimate of drug-likeness (QED) is 0.658. The van der Waals surface area contributed by atoms with E-state index in [-0.39, 0.29) is 5.91 Å². The summed E-state index contributed by atoms with van der Waals surface area (Å²) in [5.41, 5.74) is 1.04. The zero-order chi connectivity index (χ0) is 18.9. The lowest BCUT2D eigenvalue weighted by atomic mass is 10.1. The van der Waals surface area contributed by atoms with Gasteiger partial charge in [-0.2, -0.15) is 0 Å². The minimum Gasteiger partial charge on any atom is -0.497 e. The monoisotopic (exact) mass is 389 g/mol. The molecule has 0 bridgehead atoms. The predicted octanol–water partition coefficient (Wildman–Crippen LogP) is 3.94. The SMILES string of the molecule is COc1ccc(OCCCC(=O)Nc2nc(CN3CCCCC3)cs2)cc1. The second kappa shape index (κ2) is 10.3. The number of methoxy groups -OCH3 is 1. The average molecular weight is 390 g/mol. The molecule has 1 saturated heterocycles. The van der Waals surface area contributed by atoms with Crippen LogP contribution in [0.3, 0.4) is 0 Å². The number of benzene rings is 1. The van der Waals surface area contributed by atoms with Crippen LogP contribution in [0.2, 0.25) is 0 Å². The fourth-order valence-corrected chi connectivity index (χ4v) is 3.78. The number of thiazole rings is 1. The molecule has 0 aliphatic carbocycles. The first-order valence-corrected chi connectivity index (χ1v) is 10.3. The van der Waals surface area contributed by atoms with Crippen molar-refractivity contribution in [2.75, 3.05) is 32.1 Å². The van der Waals surface area contributed by atoms with E-state index >= 15 is 0 Å². The zero-order valence-corrected chi connectivity index (χ0v) is 16.6. The van der Waals surface area contributed by atoms with Crippen molar-refractivity contribution in [2.45, 2.75) is 38.6 Å². The summed E-state index contributed by atoms with van der Waals surface area (Å²) in [6.45, 7) is 3.67. The lowest BCUT2D eigenvalue weighted by Crippen LogP contribution is -2.29. The number of hydrogen-bond acceptors (Lipinski definition) is 6. The molecular weight excluding hydrogens is 362 g/mol. The van der Waals surface area contributed by atoms with Gasteiger partial charge in [0, 0.05) is 18.3 Å². The number of nitrogens with one attached hydrogen (secondary N) is 1. The number of aromatic nitrogens is 1. The van der Waals surface area contributed by atoms with Crippen molar-refractivity contribution in [2.24, 2.45) is 0 Å². The first-order chi connectivity index (χ1) is 13.2. The smallest absolute Gasteiger partial charge is 0.226 e. The van der Waals surface area contributed by atoms with Gasteiger partial charge < -0.3 is 14.8 Å². The number of carbonyl (C=O) groups is 1. The molecule has 0 unspecified atom stereocenters. The zero-order valence-electron chi connectivity index (χ0n) is 15.8. The fourth-order valence-electron chi connectivity index (χ4n) is 3.06. The number of likely N-dealkylation sites (tertiary alicyclic amines) is 1. The van der Waals surface area contributed by atoms with Crippen molar-refractivity contribution in [1.29, 1.82) is 0 Å². The van der Waals surface area contributed by atoms with E-state index in [9.17, 15) is 4.79 Å². The minimum absolute atomic E-state index is 0.0211. The van der Waals surface area contributed by atoms with Crippen molar-refractivity contribution >= 4 is 22.4 Å². The molecule has 0 radical (unpaired) electrons. The van der Waals surface area contributed by atoms with Gasteiger partial charge in [-0.1, -0.05) is 6.42 Å². The fraction of sp³-hybridized carbons (Fsp3) is 0.500. The van der Waals surface area contributed by atoms with E-state index < -0.39 is 0 Å². The van der Waals surface area contributed by atoms with Gasteiger partial charge in [-0.3, -0.25) is 9.69 Å². The van der Waals surface area contributed by atoms with Gasteiger partial charge in [0.1, 0.15) is 11.5 Å². The van der Waals surface area contributed by atoms with E-state index in [0.29, 0.717) is 24.6 Å². The van der Waals surface area contributed by atoms with Gasteiger partial charge in [0.15, 0.2) is 5.13 Å². The van der Waals surface area contributed by atoms with E-state index in [4.69, 9.17) is 9.47 Å². The van der Waals surface area contributed by atoms with Crippen molar-refractivity contribution < 1.29 is 14.3 Å². The number of carbonyl (C=O) groups excluding carboxylic acids is 1. The summed E-state index contributed by atoms with van der Waals surface area (Å²) < 4.78 is 10.8. The van der Waals surface area contributed by atoms with Crippen LogP contribution in [0.5, 0.6) is 11.5 Å². The van der Waals surface area contributed by atoms with Crippen molar-refractivity contribution in [1.82, 2.24) is 9.88 Å². The summed E-state index contributed by atoms with van der Waals surface area (Å²) in [5, 5.41) is 5.61. The van der Waals surface area contributed by atoms with Crippen LogP contribution in [0.25, 0.3) is 0 Å². The van der Waals surface area contributed by atoms with Crippen LogP contribution in [0.1, 0.15) is 37.8 Å². The van der Waals surface area contributed by atoms with Gasteiger partial charge in [0.05, 0.1) is 19.4 Å². The molecule has 6 nitrogen and oxygen atoms in total. The first kappa shape index (κ1) is 19.6. The molecule has 1 aliphatic rings. The van der Waals surface area contributed by atoms with E-state index in [2.05, 4.69) is 15.2 Å². The summed E-state index contributed by atoms with van der Waals surface area (Å²) in [7, 11) is 1.63. The van der Waals surface area contributed by atoms with Crippen molar-refractivity contribution in [3.63, 3.8) is 0 Å². The maximum Gasteiger partial charge on any atom is 0.226 e. The number of anilines is 1. The molecule has 1 amide bonds. The Morgan fingerprint density at radius 2 is 1.93 bits per heavy atom. The van der Waals surface area contributed by atoms with Gasteiger partial charge in [-0.05, 0) is 56.6 Å². The molecule has 3 rings (SSSR count). The molecule has 0 atom stereocenters. The highest BCUT2D eigenvalue weighted by atomic mass is 32.1. The Labute approximate surface area is 164 Å². The highest BCUT2D eigenvalue weighted by molar-refractivity contribution is 7.13. The molecule has 1 fully saturated rings. The summed E-state index contributed by atoms with van der Waals surface area (Å²) in [4.78, 5) is 19.0. The first-order valence-electron chi connectivity index (χ1n) is 9.46. The third-order valence-electron chi connectivity index (χ3n) is 4.51. The molecule has 1 aromatic carbocycles. The molecule has 7 heteroatoms. The molecule has 0 saturated carbocycles. The van der Waals surface area contributed by atoms with Crippen LogP contribution in [0, 0.1) is 0 Å². The summed E-state index contributed by atoms with van der Waals surface area (Å²) in [5.74, 6) is 1.55. The van der Waals surface area contributed by atoms with Crippen LogP contribution in [-0.2, 0) is 11.3 Å². The number of rotatable bonds is 9. The summed E-state index contributed by atoms with van der Waals surface area (Å²) in [6, 6.07) is 7.43.